The Labute approximate surface area is 243 Å². The van der Waals surface area contributed by atoms with Gasteiger partial charge in [-0.1, -0.05) is 118 Å². The molecular weight excluding hydrogens is 510 g/mol. The van der Waals surface area contributed by atoms with Crippen LogP contribution in [0.15, 0.2) is 87.4 Å². The standard InChI is InChI=1S/C35H43N3OS/c1-22(2)26-17-14-18-27(23(3)4)31(26)38-30(24-15-12-11-13-16-24)21-40-33(38)37-36-25-19-28(34(5,6)7)32(39)29(20-25)35(8,9)10/h11-23H,1-10H3/b37-33+. The summed E-state index contributed by atoms with van der Waals surface area (Å²) in [6.07, 6.45) is 3.83. The Morgan fingerprint density at radius 2 is 1.25 bits per heavy atom. The topological polar surface area (TPSA) is 46.7 Å². The first-order valence-corrected chi connectivity index (χ1v) is 15.1. The van der Waals surface area contributed by atoms with Crippen molar-refractivity contribution in [1.82, 2.24) is 4.57 Å². The monoisotopic (exact) mass is 553 g/mol. The van der Waals surface area contributed by atoms with E-state index >= 15 is 0 Å². The van der Waals surface area contributed by atoms with Gasteiger partial charge in [-0.2, -0.15) is 0 Å². The molecule has 1 aliphatic rings. The number of thiazole rings is 1. The van der Waals surface area contributed by atoms with Crippen LogP contribution in [0.4, 0.5) is 0 Å². The summed E-state index contributed by atoms with van der Waals surface area (Å²) < 4.78 is 2.28. The highest BCUT2D eigenvalue weighted by molar-refractivity contribution is 7.07. The molecule has 40 heavy (non-hydrogen) atoms. The first kappa shape index (κ1) is 29.7. The van der Waals surface area contributed by atoms with Gasteiger partial charge in [0, 0.05) is 16.5 Å². The summed E-state index contributed by atoms with van der Waals surface area (Å²) in [4.78, 5) is 14.2. The molecule has 4 rings (SSSR count). The van der Waals surface area contributed by atoms with E-state index in [9.17, 15) is 4.79 Å². The number of aromatic nitrogens is 1. The average Bonchev–Trinajstić information content (AvgIpc) is 3.30. The fraction of sp³-hybridized carbons (Fsp3) is 0.400. The molecular formula is C35H43N3OS. The molecule has 0 N–H and O–H groups in total. The Kier molecular flexibility index (Phi) is 8.37. The minimum Gasteiger partial charge on any atom is -0.289 e. The smallest absolute Gasteiger partial charge is 0.215 e. The molecule has 0 spiro atoms. The zero-order valence-corrected chi connectivity index (χ0v) is 26.5. The van der Waals surface area contributed by atoms with E-state index in [1.165, 1.54) is 16.8 Å². The van der Waals surface area contributed by atoms with Crippen LogP contribution in [0, 0.1) is 10.8 Å². The summed E-state index contributed by atoms with van der Waals surface area (Å²) in [6, 6.07) is 17.1. The van der Waals surface area contributed by atoms with E-state index in [2.05, 4.69) is 122 Å². The number of ketones is 1. The van der Waals surface area contributed by atoms with Crippen LogP contribution in [0.3, 0.4) is 0 Å². The molecule has 1 aromatic heterocycles. The van der Waals surface area contributed by atoms with Crippen LogP contribution in [0.5, 0.6) is 0 Å². The largest absolute Gasteiger partial charge is 0.289 e. The van der Waals surface area contributed by atoms with E-state index in [4.69, 9.17) is 10.2 Å². The summed E-state index contributed by atoms with van der Waals surface area (Å²) in [6.45, 7) is 21.4. The van der Waals surface area contributed by atoms with Crippen LogP contribution in [-0.2, 0) is 4.79 Å². The van der Waals surface area contributed by atoms with E-state index in [-0.39, 0.29) is 16.6 Å². The van der Waals surface area contributed by atoms with Gasteiger partial charge in [-0.05, 0) is 51.5 Å². The van der Waals surface area contributed by atoms with Crippen molar-refractivity contribution >= 4 is 22.8 Å². The highest BCUT2D eigenvalue weighted by atomic mass is 32.1. The zero-order valence-electron chi connectivity index (χ0n) is 25.7. The summed E-state index contributed by atoms with van der Waals surface area (Å²) in [5, 5.41) is 11.8. The SMILES string of the molecule is CC(C)c1cccc(C(C)C)c1-n1c(-c2ccccc2)cs/c1=N/N=C1C=C(C(C)(C)C)C(=O)C(C(C)(C)C)=C1. The lowest BCUT2D eigenvalue weighted by atomic mass is 9.72. The second-order valence-corrected chi connectivity index (χ2v) is 14.1. The van der Waals surface area contributed by atoms with Crippen LogP contribution in [0.25, 0.3) is 16.9 Å². The van der Waals surface area contributed by atoms with Crippen molar-refractivity contribution in [3.8, 4) is 16.9 Å². The quantitative estimate of drug-likeness (QED) is 0.229. The zero-order chi connectivity index (χ0) is 29.4. The van der Waals surface area contributed by atoms with Crippen molar-refractivity contribution in [1.29, 1.82) is 0 Å². The van der Waals surface area contributed by atoms with Gasteiger partial charge in [0.05, 0.1) is 17.1 Å². The van der Waals surface area contributed by atoms with Gasteiger partial charge in [0.25, 0.3) is 0 Å². The molecule has 210 valence electrons. The fourth-order valence-corrected chi connectivity index (χ4v) is 5.90. The number of hydrogen-bond donors (Lipinski definition) is 0. The summed E-state index contributed by atoms with van der Waals surface area (Å²) in [7, 11) is 0. The van der Waals surface area contributed by atoms with Crippen molar-refractivity contribution in [3.05, 3.63) is 93.1 Å². The molecule has 0 saturated carbocycles. The minimum atomic E-state index is -0.297. The number of carbonyl (C=O) groups excluding carboxylic acids is 1. The molecule has 3 aromatic rings. The Morgan fingerprint density at radius 3 is 1.73 bits per heavy atom. The Hall–Kier alpha value is -3.31. The van der Waals surface area contributed by atoms with E-state index in [1.54, 1.807) is 11.3 Å². The molecule has 2 aromatic carbocycles. The first-order valence-electron chi connectivity index (χ1n) is 14.2. The number of Topliss-reactive ketones (excluding diaryl/α,β-unsaturated/α-hetero) is 1. The molecule has 0 unspecified atom stereocenters. The maximum absolute atomic E-state index is 13.4. The van der Waals surface area contributed by atoms with Gasteiger partial charge in [-0.25, -0.2) is 0 Å². The number of allylic oxidation sites excluding steroid dienone is 4. The number of nitrogens with zero attached hydrogens (tertiary/aromatic N) is 3. The lowest BCUT2D eigenvalue weighted by Crippen LogP contribution is -2.29. The molecule has 1 aliphatic carbocycles. The molecule has 1 heterocycles. The molecule has 0 radical (unpaired) electrons. The molecule has 0 aliphatic heterocycles. The van der Waals surface area contributed by atoms with Gasteiger partial charge in [-0.3, -0.25) is 9.36 Å². The van der Waals surface area contributed by atoms with Crippen LogP contribution in [-0.4, -0.2) is 16.1 Å². The first-order chi connectivity index (χ1) is 18.7. The van der Waals surface area contributed by atoms with Crippen molar-refractivity contribution in [3.63, 3.8) is 0 Å². The lowest BCUT2D eigenvalue weighted by Gasteiger charge is -2.30. The Morgan fingerprint density at radius 1 is 0.725 bits per heavy atom. The third kappa shape index (κ3) is 6.05. The van der Waals surface area contributed by atoms with Crippen LogP contribution in [0.1, 0.15) is 92.2 Å². The molecule has 5 heteroatoms. The summed E-state index contributed by atoms with van der Waals surface area (Å²) in [5.41, 5.74) is 7.62. The van der Waals surface area contributed by atoms with E-state index < -0.39 is 0 Å². The lowest BCUT2D eigenvalue weighted by molar-refractivity contribution is -0.114. The Balaban J connectivity index is 2.04. The third-order valence-corrected chi connectivity index (χ3v) is 8.10. The summed E-state index contributed by atoms with van der Waals surface area (Å²) >= 11 is 1.59. The number of carbonyl (C=O) groups is 1. The van der Waals surface area contributed by atoms with Crippen molar-refractivity contribution < 1.29 is 4.79 Å². The van der Waals surface area contributed by atoms with Gasteiger partial charge in [-0.15, -0.1) is 21.5 Å². The van der Waals surface area contributed by atoms with Gasteiger partial charge in [0.2, 0.25) is 4.80 Å². The predicted molar refractivity (Wildman–Crippen MR) is 170 cm³/mol. The molecule has 0 atom stereocenters. The predicted octanol–water partition coefficient (Wildman–Crippen LogP) is 9.24. The van der Waals surface area contributed by atoms with Gasteiger partial charge in [0.1, 0.15) is 0 Å². The van der Waals surface area contributed by atoms with Crippen molar-refractivity contribution in [2.45, 2.75) is 81.1 Å². The molecule has 0 bridgehead atoms. The number of rotatable bonds is 5. The Bertz CT molecular complexity index is 1500. The van der Waals surface area contributed by atoms with Crippen molar-refractivity contribution in [2.24, 2.45) is 21.0 Å². The maximum Gasteiger partial charge on any atom is 0.215 e. The summed E-state index contributed by atoms with van der Waals surface area (Å²) in [5.74, 6) is 0.773. The van der Waals surface area contributed by atoms with Gasteiger partial charge >= 0.3 is 0 Å². The van der Waals surface area contributed by atoms with Crippen LogP contribution >= 0.6 is 11.3 Å². The molecule has 0 saturated heterocycles. The normalized spacial score (nSPS) is 15.2. The number of para-hydroxylation sites is 1. The van der Waals surface area contributed by atoms with Gasteiger partial charge in [0.15, 0.2) is 5.78 Å². The highest BCUT2D eigenvalue weighted by Gasteiger charge is 2.34. The molecule has 0 fully saturated rings. The maximum atomic E-state index is 13.4. The van der Waals surface area contributed by atoms with E-state index in [0.717, 1.165) is 27.2 Å². The highest BCUT2D eigenvalue weighted by Crippen LogP contribution is 2.37. The second-order valence-electron chi connectivity index (χ2n) is 13.3. The number of benzene rings is 2. The van der Waals surface area contributed by atoms with Crippen molar-refractivity contribution in [2.75, 3.05) is 0 Å². The van der Waals surface area contributed by atoms with Crippen LogP contribution in [0.2, 0.25) is 0 Å². The van der Waals surface area contributed by atoms with Gasteiger partial charge < -0.3 is 0 Å². The minimum absolute atomic E-state index is 0.101. The van der Waals surface area contributed by atoms with E-state index in [0.29, 0.717) is 17.5 Å². The average molecular weight is 554 g/mol. The third-order valence-electron chi connectivity index (χ3n) is 7.28. The second kappa shape index (κ2) is 11.3. The number of hydrogen-bond acceptors (Lipinski definition) is 4. The van der Waals surface area contributed by atoms with Crippen LogP contribution < -0.4 is 4.80 Å². The fourth-order valence-electron chi connectivity index (χ4n) is 5.06. The van der Waals surface area contributed by atoms with E-state index in [1.807, 2.05) is 18.2 Å². The molecule has 0 amide bonds. The molecule has 4 nitrogen and oxygen atoms in total.